The third-order valence-electron chi connectivity index (χ3n) is 6.15. The van der Waals surface area contributed by atoms with Crippen LogP contribution in [-0.2, 0) is 4.79 Å². The first-order valence-electron chi connectivity index (χ1n) is 11.7. The van der Waals surface area contributed by atoms with Crippen LogP contribution >= 0.6 is 0 Å². The fourth-order valence-electron chi connectivity index (χ4n) is 4.27. The lowest BCUT2D eigenvalue weighted by Crippen LogP contribution is -2.32. The number of allylic oxidation sites excluding steroid dienone is 1. The van der Waals surface area contributed by atoms with Gasteiger partial charge in [0.25, 0.3) is 11.8 Å². The Morgan fingerprint density at radius 2 is 1.42 bits per heavy atom. The molecule has 2 heterocycles. The summed E-state index contributed by atoms with van der Waals surface area (Å²) in [5.41, 5.74) is 2.62. The summed E-state index contributed by atoms with van der Waals surface area (Å²) in [5.74, 6) is -0.703. The molecule has 0 bridgehead atoms. The summed E-state index contributed by atoms with van der Waals surface area (Å²) < 4.78 is 33.7. The lowest BCUT2D eigenvalue weighted by molar-refractivity contribution is -0.113. The maximum Gasteiger partial charge on any atom is 0.261 e. The van der Waals surface area contributed by atoms with Gasteiger partial charge in [-0.1, -0.05) is 12.1 Å². The molecular weight excluding hydrogens is 492 g/mol. The van der Waals surface area contributed by atoms with Crippen LogP contribution in [0.25, 0.3) is 0 Å². The number of amides is 2. The van der Waals surface area contributed by atoms with Crippen molar-refractivity contribution >= 4 is 29.0 Å². The Hall–Kier alpha value is -4.99. The SMILES string of the molecule is COc1ccc(NC(=O)C2=C(C)Nc3c(C(=O)Nc4ccc(F)cc4)cnn3[C@H]2c2ccc(F)cc2)cc1. The largest absolute Gasteiger partial charge is 0.497 e. The molecule has 3 N–H and O–H groups in total. The maximum absolute atomic E-state index is 13.8. The van der Waals surface area contributed by atoms with E-state index in [1.54, 1.807) is 50.4 Å². The minimum Gasteiger partial charge on any atom is -0.497 e. The molecule has 2 amide bonds. The fraction of sp³-hybridized carbons (Fsp3) is 0.107. The van der Waals surface area contributed by atoms with E-state index in [1.807, 2.05) is 0 Å². The third-order valence-corrected chi connectivity index (χ3v) is 6.15. The normalized spacial score (nSPS) is 14.4. The second kappa shape index (κ2) is 10.2. The first-order valence-corrected chi connectivity index (χ1v) is 11.7. The molecule has 1 aromatic heterocycles. The highest BCUT2D eigenvalue weighted by atomic mass is 19.1. The van der Waals surface area contributed by atoms with Crippen molar-refractivity contribution in [2.24, 2.45) is 0 Å². The topological polar surface area (TPSA) is 97.3 Å². The lowest BCUT2D eigenvalue weighted by Gasteiger charge is -2.30. The number of hydrogen-bond acceptors (Lipinski definition) is 5. The van der Waals surface area contributed by atoms with Gasteiger partial charge in [-0.05, 0) is 73.2 Å². The molecule has 192 valence electrons. The number of anilines is 3. The van der Waals surface area contributed by atoms with E-state index in [4.69, 9.17) is 4.74 Å². The number of aromatic nitrogens is 2. The van der Waals surface area contributed by atoms with E-state index >= 15 is 0 Å². The summed E-state index contributed by atoms with van der Waals surface area (Å²) in [5, 5.41) is 13.2. The smallest absolute Gasteiger partial charge is 0.261 e. The van der Waals surface area contributed by atoms with Crippen molar-refractivity contribution < 1.29 is 23.1 Å². The number of halogens is 2. The first-order chi connectivity index (χ1) is 18.3. The van der Waals surface area contributed by atoms with Gasteiger partial charge in [0.2, 0.25) is 0 Å². The maximum atomic E-state index is 13.8. The fourth-order valence-corrected chi connectivity index (χ4v) is 4.27. The van der Waals surface area contributed by atoms with Crippen LogP contribution in [0.3, 0.4) is 0 Å². The van der Waals surface area contributed by atoms with Crippen molar-refractivity contribution in [2.75, 3.05) is 23.1 Å². The Labute approximate surface area is 216 Å². The third kappa shape index (κ3) is 4.83. The van der Waals surface area contributed by atoms with Gasteiger partial charge >= 0.3 is 0 Å². The van der Waals surface area contributed by atoms with Gasteiger partial charge < -0.3 is 20.7 Å². The van der Waals surface area contributed by atoms with Crippen molar-refractivity contribution in [3.63, 3.8) is 0 Å². The molecule has 1 aliphatic rings. The minimum atomic E-state index is -0.752. The Bertz CT molecular complexity index is 1530. The first kappa shape index (κ1) is 24.7. The van der Waals surface area contributed by atoms with Crippen LogP contribution in [0, 0.1) is 11.6 Å². The van der Waals surface area contributed by atoms with Crippen LogP contribution in [0.2, 0.25) is 0 Å². The monoisotopic (exact) mass is 515 g/mol. The van der Waals surface area contributed by atoms with E-state index in [2.05, 4.69) is 21.0 Å². The average Bonchev–Trinajstić information content (AvgIpc) is 3.33. The zero-order valence-electron chi connectivity index (χ0n) is 20.5. The minimum absolute atomic E-state index is 0.218. The standard InChI is InChI=1S/C28H23F2N5O3/c1-16-24(28(37)34-21-11-13-22(38-2)14-12-21)25(17-3-5-18(29)6-4-17)35-26(32-16)23(15-31-35)27(36)33-20-9-7-19(30)8-10-20/h3-15,25,32H,1-2H3,(H,33,36)(H,34,37)/t25-/m0/s1. The summed E-state index contributed by atoms with van der Waals surface area (Å²) in [4.78, 5) is 26.6. The van der Waals surface area contributed by atoms with Gasteiger partial charge in [0.15, 0.2) is 0 Å². The Balaban J connectivity index is 1.51. The Morgan fingerprint density at radius 1 is 0.868 bits per heavy atom. The van der Waals surface area contributed by atoms with E-state index in [-0.39, 0.29) is 5.56 Å². The number of nitrogens with one attached hydrogen (secondary N) is 3. The molecular formula is C28H23F2N5O3. The van der Waals surface area contributed by atoms with Crippen molar-refractivity contribution in [1.29, 1.82) is 0 Å². The van der Waals surface area contributed by atoms with Crippen molar-refractivity contribution in [3.8, 4) is 5.75 Å². The average molecular weight is 516 g/mol. The van der Waals surface area contributed by atoms with Gasteiger partial charge in [-0.2, -0.15) is 5.10 Å². The summed E-state index contributed by atoms with van der Waals surface area (Å²) >= 11 is 0. The van der Waals surface area contributed by atoms with Gasteiger partial charge in [-0.25, -0.2) is 13.5 Å². The highest BCUT2D eigenvalue weighted by molar-refractivity contribution is 6.09. The number of ether oxygens (including phenoxy) is 1. The number of nitrogens with zero attached hydrogens (tertiary/aromatic N) is 2. The Kier molecular flexibility index (Phi) is 6.61. The molecule has 10 heteroatoms. The van der Waals surface area contributed by atoms with Crippen molar-refractivity contribution in [3.05, 3.63) is 113 Å². The molecule has 5 rings (SSSR count). The lowest BCUT2D eigenvalue weighted by atomic mass is 9.94. The highest BCUT2D eigenvalue weighted by Crippen LogP contribution is 2.38. The van der Waals surface area contributed by atoms with Gasteiger partial charge in [0.1, 0.15) is 34.8 Å². The molecule has 0 spiro atoms. The van der Waals surface area contributed by atoms with E-state index < -0.39 is 29.5 Å². The molecule has 8 nitrogen and oxygen atoms in total. The molecule has 4 aromatic rings. The van der Waals surface area contributed by atoms with Crippen LogP contribution in [0.5, 0.6) is 5.75 Å². The number of carbonyl (C=O) groups is 2. The van der Waals surface area contributed by atoms with Gasteiger partial charge in [-0.15, -0.1) is 0 Å². The predicted octanol–water partition coefficient (Wildman–Crippen LogP) is 5.35. The van der Waals surface area contributed by atoms with E-state index in [9.17, 15) is 18.4 Å². The van der Waals surface area contributed by atoms with Crippen LogP contribution in [0.4, 0.5) is 26.0 Å². The van der Waals surface area contributed by atoms with Gasteiger partial charge in [0, 0.05) is 17.1 Å². The number of rotatable bonds is 6. The molecule has 0 saturated carbocycles. The number of benzene rings is 3. The molecule has 0 fully saturated rings. The van der Waals surface area contributed by atoms with E-state index in [0.29, 0.717) is 39.8 Å². The summed E-state index contributed by atoms with van der Waals surface area (Å²) in [7, 11) is 1.55. The van der Waals surface area contributed by atoms with Crippen molar-refractivity contribution in [1.82, 2.24) is 9.78 Å². The zero-order valence-corrected chi connectivity index (χ0v) is 20.5. The molecule has 1 atom stereocenters. The Morgan fingerprint density at radius 3 is 2.03 bits per heavy atom. The second-order valence-electron chi connectivity index (χ2n) is 8.61. The van der Waals surface area contributed by atoms with Crippen LogP contribution in [-0.4, -0.2) is 28.7 Å². The van der Waals surface area contributed by atoms with Crippen molar-refractivity contribution in [2.45, 2.75) is 13.0 Å². The number of hydrogen-bond donors (Lipinski definition) is 3. The molecule has 0 radical (unpaired) electrons. The van der Waals surface area contributed by atoms with Crippen LogP contribution in [0.1, 0.15) is 28.9 Å². The van der Waals surface area contributed by atoms with E-state index in [1.165, 1.54) is 47.3 Å². The summed E-state index contributed by atoms with van der Waals surface area (Å²) in [6, 6.07) is 17.3. The van der Waals surface area contributed by atoms with Crippen LogP contribution in [0.15, 0.2) is 90.3 Å². The molecule has 1 aliphatic heterocycles. The molecule has 3 aromatic carbocycles. The number of methoxy groups -OCH3 is 1. The quantitative estimate of drug-likeness (QED) is 0.322. The van der Waals surface area contributed by atoms with Gasteiger partial charge in [0.05, 0.1) is 18.9 Å². The number of fused-ring (bicyclic) bond motifs is 1. The number of carbonyl (C=O) groups excluding carboxylic acids is 2. The van der Waals surface area contributed by atoms with Crippen LogP contribution < -0.4 is 20.7 Å². The summed E-state index contributed by atoms with van der Waals surface area (Å²) in [6.07, 6.45) is 1.38. The highest BCUT2D eigenvalue weighted by Gasteiger charge is 2.35. The second-order valence-corrected chi connectivity index (χ2v) is 8.61. The molecule has 0 aliphatic carbocycles. The van der Waals surface area contributed by atoms with E-state index in [0.717, 1.165) is 0 Å². The summed E-state index contributed by atoms with van der Waals surface area (Å²) in [6.45, 7) is 1.72. The molecule has 0 saturated heterocycles. The molecule has 38 heavy (non-hydrogen) atoms. The molecule has 0 unspecified atom stereocenters. The van der Waals surface area contributed by atoms with Gasteiger partial charge in [-0.3, -0.25) is 9.59 Å². The predicted molar refractivity (Wildman–Crippen MR) is 139 cm³/mol. The zero-order chi connectivity index (χ0) is 26.8.